The molecule has 68 valence electrons. The van der Waals surface area contributed by atoms with Crippen molar-refractivity contribution < 1.29 is 4.42 Å². The van der Waals surface area contributed by atoms with Gasteiger partial charge in [0.25, 0.3) is 0 Å². The van der Waals surface area contributed by atoms with Gasteiger partial charge < -0.3 is 10.2 Å². The van der Waals surface area contributed by atoms with E-state index in [0.717, 1.165) is 30.9 Å². The van der Waals surface area contributed by atoms with Crippen molar-refractivity contribution in [2.75, 3.05) is 0 Å². The normalized spacial score (nSPS) is 13.2. The van der Waals surface area contributed by atoms with Gasteiger partial charge in [-0.15, -0.1) is 0 Å². The Labute approximate surface area is 73.0 Å². The van der Waals surface area contributed by atoms with Crippen molar-refractivity contribution >= 4 is 0 Å². The van der Waals surface area contributed by atoms with Crippen LogP contribution in [0.4, 0.5) is 0 Å². The largest absolute Gasteiger partial charge is 0.446 e. The summed E-state index contributed by atoms with van der Waals surface area (Å²) in [6.07, 6.45) is 4.53. The van der Waals surface area contributed by atoms with Gasteiger partial charge in [-0.25, -0.2) is 4.98 Å². The Hall–Kier alpha value is -0.830. The van der Waals surface area contributed by atoms with Gasteiger partial charge in [-0.05, 0) is 13.3 Å². The molecule has 0 aliphatic heterocycles. The average molecular weight is 168 g/mol. The van der Waals surface area contributed by atoms with E-state index in [1.807, 2.05) is 6.92 Å². The van der Waals surface area contributed by atoms with E-state index in [1.54, 1.807) is 6.20 Å². The lowest BCUT2D eigenvalue weighted by Crippen LogP contribution is -2.17. The van der Waals surface area contributed by atoms with Crippen molar-refractivity contribution in [2.45, 2.75) is 39.2 Å². The van der Waals surface area contributed by atoms with Gasteiger partial charge in [0.05, 0.1) is 6.20 Å². The number of hydrogen-bond donors (Lipinski definition) is 1. The van der Waals surface area contributed by atoms with Crippen molar-refractivity contribution in [3.05, 3.63) is 17.8 Å². The molecular weight excluding hydrogens is 152 g/mol. The van der Waals surface area contributed by atoms with Crippen LogP contribution in [-0.2, 0) is 12.8 Å². The Morgan fingerprint density at radius 1 is 1.67 bits per heavy atom. The molecule has 1 aromatic rings. The minimum absolute atomic E-state index is 0.146. The summed E-state index contributed by atoms with van der Waals surface area (Å²) in [6, 6.07) is 0.146. The fraction of sp³-hybridized carbons (Fsp3) is 0.667. The third-order valence-electron chi connectivity index (χ3n) is 1.59. The zero-order chi connectivity index (χ0) is 8.97. The standard InChI is InChI=1S/C9H16N2O/c1-3-4-9-11-6-8(12-9)5-7(2)10/h6-7H,3-5,10H2,1-2H3. The molecule has 0 fully saturated rings. The summed E-state index contributed by atoms with van der Waals surface area (Å²) in [4.78, 5) is 4.14. The van der Waals surface area contributed by atoms with Crippen LogP contribution in [0.5, 0.6) is 0 Å². The van der Waals surface area contributed by atoms with E-state index in [-0.39, 0.29) is 6.04 Å². The summed E-state index contributed by atoms with van der Waals surface area (Å²) in [5, 5.41) is 0. The second-order valence-corrected chi connectivity index (χ2v) is 3.15. The first kappa shape index (κ1) is 9.26. The van der Waals surface area contributed by atoms with E-state index in [2.05, 4.69) is 11.9 Å². The Morgan fingerprint density at radius 2 is 2.42 bits per heavy atom. The van der Waals surface area contributed by atoms with Gasteiger partial charge >= 0.3 is 0 Å². The highest BCUT2D eigenvalue weighted by Gasteiger charge is 2.04. The topological polar surface area (TPSA) is 52.0 Å². The highest BCUT2D eigenvalue weighted by Crippen LogP contribution is 2.07. The summed E-state index contributed by atoms with van der Waals surface area (Å²) < 4.78 is 5.44. The molecular formula is C9H16N2O. The van der Waals surface area contributed by atoms with Crippen LogP contribution in [0.3, 0.4) is 0 Å². The zero-order valence-corrected chi connectivity index (χ0v) is 7.71. The summed E-state index contributed by atoms with van der Waals surface area (Å²) in [7, 11) is 0. The van der Waals surface area contributed by atoms with Crippen LogP contribution in [0.25, 0.3) is 0 Å². The molecule has 0 aromatic carbocycles. The van der Waals surface area contributed by atoms with Gasteiger partial charge in [-0.2, -0.15) is 0 Å². The number of oxazole rings is 1. The molecule has 0 bridgehead atoms. The molecule has 0 spiro atoms. The molecule has 0 radical (unpaired) electrons. The second-order valence-electron chi connectivity index (χ2n) is 3.15. The van der Waals surface area contributed by atoms with Crippen LogP contribution in [-0.4, -0.2) is 11.0 Å². The number of aromatic nitrogens is 1. The van der Waals surface area contributed by atoms with Crippen LogP contribution < -0.4 is 5.73 Å². The van der Waals surface area contributed by atoms with Gasteiger partial charge in [-0.3, -0.25) is 0 Å². The molecule has 0 saturated carbocycles. The first-order valence-electron chi connectivity index (χ1n) is 4.41. The molecule has 0 amide bonds. The van der Waals surface area contributed by atoms with Gasteiger partial charge in [0.15, 0.2) is 5.89 Å². The Bertz CT molecular complexity index is 230. The Kier molecular flexibility index (Phi) is 3.29. The van der Waals surface area contributed by atoms with Gasteiger partial charge in [-0.1, -0.05) is 6.92 Å². The maximum absolute atomic E-state index is 5.62. The molecule has 1 rings (SSSR count). The van der Waals surface area contributed by atoms with Crippen molar-refractivity contribution in [3.8, 4) is 0 Å². The maximum atomic E-state index is 5.62. The van der Waals surface area contributed by atoms with Gasteiger partial charge in [0.2, 0.25) is 0 Å². The van der Waals surface area contributed by atoms with E-state index in [0.29, 0.717) is 0 Å². The first-order chi connectivity index (χ1) is 5.72. The Morgan fingerprint density at radius 3 is 3.00 bits per heavy atom. The van der Waals surface area contributed by atoms with Crippen molar-refractivity contribution in [1.29, 1.82) is 0 Å². The van der Waals surface area contributed by atoms with Crippen molar-refractivity contribution in [1.82, 2.24) is 4.98 Å². The summed E-state index contributed by atoms with van der Waals surface area (Å²) in [5.74, 6) is 1.72. The predicted octanol–water partition coefficient (Wildman–Crippen LogP) is 1.52. The molecule has 1 atom stereocenters. The highest BCUT2D eigenvalue weighted by atomic mass is 16.4. The van der Waals surface area contributed by atoms with Crippen LogP contribution in [0, 0.1) is 0 Å². The smallest absolute Gasteiger partial charge is 0.194 e. The second kappa shape index (κ2) is 4.26. The quantitative estimate of drug-likeness (QED) is 0.741. The summed E-state index contributed by atoms with van der Waals surface area (Å²) >= 11 is 0. The number of rotatable bonds is 4. The maximum Gasteiger partial charge on any atom is 0.194 e. The fourth-order valence-electron chi connectivity index (χ4n) is 1.09. The van der Waals surface area contributed by atoms with Crippen molar-refractivity contribution in [3.63, 3.8) is 0 Å². The highest BCUT2D eigenvalue weighted by molar-refractivity contribution is 4.96. The molecule has 12 heavy (non-hydrogen) atoms. The molecule has 0 aliphatic rings. The molecule has 1 unspecified atom stereocenters. The fourth-order valence-corrected chi connectivity index (χ4v) is 1.09. The number of hydrogen-bond acceptors (Lipinski definition) is 3. The first-order valence-corrected chi connectivity index (χ1v) is 4.41. The molecule has 2 N–H and O–H groups in total. The molecule has 3 heteroatoms. The minimum atomic E-state index is 0.146. The van der Waals surface area contributed by atoms with E-state index >= 15 is 0 Å². The monoisotopic (exact) mass is 168 g/mol. The zero-order valence-electron chi connectivity index (χ0n) is 7.71. The van der Waals surface area contributed by atoms with Crippen LogP contribution in [0.15, 0.2) is 10.6 Å². The summed E-state index contributed by atoms with van der Waals surface area (Å²) in [6.45, 7) is 4.07. The third kappa shape index (κ3) is 2.66. The van der Waals surface area contributed by atoms with Crippen LogP contribution in [0.2, 0.25) is 0 Å². The van der Waals surface area contributed by atoms with Gasteiger partial charge in [0, 0.05) is 18.9 Å². The van der Waals surface area contributed by atoms with Gasteiger partial charge in [0.1, 0.15) is 5.76 Å². The number of nitrogens with two attached hydrogens (primary N) is 1. The SMILES string of the molecule is CCCc1ncc(CC(C)N)o1. The van der Waals surface area contributed by atoms with E-state index in [4.69, 9.17) is 10.2 Å². The lowest BCUT2D eigenvalue weighted by molar-refractivity contribution is 0.442. The number of aryl methyl sites for hydroxylation is 1. The van der Waals surface area contributed by atoms with Crippen molar-refractivity contribution in [2.24, 2.45) is 5.73 Å². The number of nitrogens with zero attached hydrogens (tertiary/aromatic N) is 1. The molecule has 0 aliphatic carbocycles. The lowest BCUT2D eigenvalue weighted by Gasteiger charge is -1.98. The van der Waals surface area contributed by atoms with E-state index in [9.17, 15) is 0 Å². The minimum Gasteiger partial charge on any atom is -0.446 e. The third-order valence-corrected chi connectivity index (χ3v) is 1.59. The van der Waals surface area contributed by atoms with Crippen LogP contribution >= 0.6 is 0 Å². The van der Waals surface area contributed by atoms with E-state index in [1.165, 1.54) is 0 Å². The van der Waals surface area contributed by atoms with Crippen LogP contribution in [0.1, 0.15) is 31.9 Å². The van der Waals surface area contributed by atoms with E-state index < -0.39 is 0 Å². The molecule has 3 nitrogen and oxygen atoms in total. The Balaban J connectivity index is 2.52. The predicted molar refractivity (Wildman–Crippen MR) is 47.9 cm³/mol. The molecule has 1 heterocycles. The lowest BCUT2D eigenvalue weighted by atomic mass is 10.2. The average Bonchev–Trinajstić information content (AvgIpc) is 2.36. The summed E-state index contributed by atoms with van der Waals surface area (Å²) in [5.41, 5.74) is 5.62. The molecule has 0 saturated heterocycles. The molecule has 1 aromatic heterocycles.